The molecular weight excluding hydrogens is 1750 g/mol. The van der Waals surface area contributed by atoms with Gasteiger partial charge in [0.25, 0.3) is 0 Å². The van der Waals surface area contributed by atoms with Crippen LogP contribution in [0.2, 0.25) is 0 Å². The average molecular weight is 1830 g/mol. The van der Waals surface area contributed by atoms with Gasteiger partial charge in [-0.05, 0) is 148 Å². The number of pyridine rings is 3. The molecule has 0 amide bonds. The van der Waals surface area contributed by atoms with Crippen LogP contribution < -0.4 is 0 Å². The van der Waals surface area contributed by atoms with Gasteiger partial charge in [0.1, 0.15) is 0 Å². The molecule has 0 spiro atoms. The molecule has 9 heteroatoms. The average Bonchev–Trinajstić information content (AvgIpc) is 0.719. The van der Waals surface area contributed by atoms with Crippen molar-refractivity contribution >= 4 is 162 Å². The van der Waals surface area contributed by atoms with Gasteiger partial charge >= 0.3 is 0 Å². The molecule has 0 radical (unpaired) electrons. The van der Waals surface area contributed by atoms with Crippen molar-refractivity contribution < 1.29 is 0 Å². The zero-order valence-corrected chi connectivity index (χ0v) is 77.9. The highest BCUT2D eigenvalue weighted by Crippen LogP contribution is 2.49. The number of aromatic nitrogens is 9. The maximum Gasteiger partial charge on any atom is 0.160 e. The second kappa shape index (κ2) is 35.6. The summed E-state index contributed by atoms with van der Waals surface area (Å²) in [6, 6.07) is 177. The molecular formula is C135H83N9. The minimum absolute atomic E-state index is 0.702. The van der Waals surface area contributed by atoms with E-state index in [-0.39, 0.29) is 0 Å². The Morgan fingerprint density at radius 2 is 0.271 bits per heavy atom. The second-order valence-electron chi connectivity index (χ2n) is 36.7. The Bertz CT molecular complexity index is 10200. The van der Waals surface area contributed by atoms with Crippen molar-refractivity contribution in [3.05, 3.63) is 504 Å². The number of fused-ring (bicyclic) bond motifs is 27. The lowest BCUT2D eigenvalue weighted by atomic mass is 9.89. The molecule has 144 heavy (non-hydrogen) atoms. The van der Waals surface area contributed by atoms with Crippen LogP contribution in [0.4, 0.5) is 0 Å². The van der Waals surface area contributed by atoms with Crippen LogP contribution in [0.25, 0.3) is 286 Å². The fourth-order valence-corrected chi connectivity index (χ4v) is 21.7. The second-order valence-corrected chi connectivity index (χ2v) is 36.7. The highest BCUT2D eigenvalue weighted by Gasteiger charge is 2.26. The molecule has 0 bridgehead atoms. The minimum atomic E-state index is 0.702. The first kappa shape index (κ1) is 84.0. The lowest BCUT2D eigenvalue weighted by Gasteiger charge is -2.17. The summed E-state index contributed by atoms with van der Waals surface area (Å²) in [5.74, 6) is 2.13. The summed E-state index contributed by atoms with van der Waals surface area (Å²) in [5.41, 5.74) is 25.2. The fraction of sp³-hybridized carbons (Fsp3) is 0. The standard InChI is InChI=1S/2C47H29N3.C41H25N3/c1-2-14-30(15-3-1)31-16-12-19-34(28-31)47-49-42-27-11-9-25-40(42)45(50-47)32-17-13-18-33(29-32)46-44-38-23-7-5-21-36(38)35-20-4-6-22-37(35)43(44)39-24-8-10-26-41(39)48-46;1-2-13-30(14-3-1)31-25-27-32(28-26-31)47-49-42-24-11-9-22-40(42)45(50-47)33-15-12-16-34(29-33)46-44-38-20-7-5-18-36(38)35-17-4-6-19-37(35)43(44)39-21-8-10-23-41(39)48-46;1-2-13-26(14-3-1)41-43-36-24-11-9-22-34(36)39(44-41)27-15-12-16-28(25-27)40-38-32-20-7-5-18-30(32)29-17-4-6-19-31(29)37(38)33-21-8-10-23-35(33)42-40/h2*1-29H;1-25H. The SMILES string of the molecule is c1ccc(-c2ccc(-c3nc(-c4cccc(-c5nc6ccccc6c6c7ccccc7c7ccccc7c56)c4)c4ccccc4n3)cc2)cc1.c1ccc(-c2cccc(-c3nc(-c4cccc(-c5nc6ccccc6c6c7ccccc7c7ccccc7c56)c4)c4ccccc4n3)c2)cc1.c1ccc(-c2nc(-c3cccc(-c4nc5ccccc5c5c6ccccc6c6ccccc6c45)c3)c3ccccc3n2)cc1. The van der Waals surface area contributed by atoms with Crippen molar-refractivity contribution in [2.45, 2.75) is 0 Å². The number of hydrogen-bond donors (Lipinski definition) is 0. The van der Waals surface area contributed by atoms with Crippen molar-refractivity contribution in [3.8, 4) is 124 Å². The molecule has 0 atom stereocenters. The van der Waals surface area contributed by atoms with Crippen LogP contribution in [0.3, 0.4) is 0 Å². The Kier molecular flexibility index (Phi) is 20.7. The van der Waals surface area contributed by atoms with Crippen LogP contribution in [0.5, 0.6) is 0 Å². The molecule has 29 rings (SSSR count). The van der Waals surface area contributed by atoms with Crippen LogP contribution in [0.15, 0.2) is 504 Å². The van der Waals surface area contributed by atoms with Gasteiger partial charge in [0.2, 0.25) is 0 Å². The van der Waals surface area contributed by atoms with Gasteiger partial charge in [0, 0.05) is 115 Å². The van der Waals surface area contributed by atoms with Crippen molar-refractivity contribution in [2.24, 2.45) is 0 Å². The van der Waals surface area contributed by atoms with Gasteiger partial charge in [0.15, 0.2) is 17.5 Å². The maximum absolute atomic E-state index is 5.40. The van der Waals surface area contributed by atoms with Gasteiger partial charge < -0.3 is 0 Å². The number of nitrogens with zero attached hydrogens (tertiary/aromatic N) is 9. The Hall–Kier alpha value is -19.4. The summed E-state index contributed by atoms with van der Waals surface area (Å²) in [6.07, 6.45) is 0. The zero-order valence-electron chi connectivity index (χ0n) is 77.9. The summed E-state index contributed by atoms with van der Waals surface area (Å²) in [6.45, 7) is 0. The Morgan fingerprint density at radius 1 is 0.0903 bits per heavy atom. The normalized spacial score (nSPS) is 11.6. The van der Waals surface area contributed by atoms with E-state index in [0.29, 0.717) is 11.6 Å². The van der Waals surface area contributed by atoms with Gasteiger partial charge in [-0.1, -0.05) is 443 Å². The number of benzene rings is 23. The van der Waals surface area contributed by atoms with E-state index in [9.17, 15) is 0 Å². The molecule has 0 aliphatic heterocycles. The largest absolute Gasteiger partial charge is 0.247 e. The quantitative estimate of drug-likeness (QED) is 0.117. The number of rotatable bonds is 11. The van der Waals surface area contributed by atoms with E-state index in [4.69, 9.17) is 44.9 Å². The van der Waals surface area contributed by atoms with Crippen molar-refractivity contribution in [2.75, 3.05) is 0 Å². The molecule has 0 aliphatic carbocycles. The predicted octanol–water partition coefficient (Wildman–Crippen LogP) is 35.2. The predicted molar refractivity (Wildman–Crippen MR) is 602 cm³/mol. The lowest BCUT2D eigenvalue weighted by Crippen LogP contribution is -1.96. The van der Waals surface area contributed by atoms with E-state index in [2.05, 4.69) is 455 Å². The van der Waals surface area contributed by atoms with Gasteiger partial charge in [-0.2, -0.15) is 0 Å². The van der Waals surface area contributed by atoms with E-state index in [1.54, 1.807) is 0 Å². The molecule has 0 saturated heterocycles. The van der Waals surface area contributed by atoms with Crippen molar-refractivity contribution in [3.63, 3.8) is 0 Å². The van der Waals surface area contributed by atoms with E-state index in [1.165, 1.54) is 119 Å². The topological polar surface area (TPSA) is 116 Å². The highest BCUT2D eigenvalue weighted by molar-refractivity contribution is 6.37. The smallest absolute Gasteiger partial charge is 0.160 e. The molecule has 0 N–H and O–H groups in total. The van der Waals surface area contributed by atoms with Crippen LogP contribution in [-0.4, -0.2) is 44.9 Å². The molecule has 9 nitrogen and oxygen atoms in total. The first-order valence-corrected chi connectivity index (χ1v) is 48.8. The highest BCUT2D eigenvalue weighted by atomic mass is 14.9. The monoisotopic (exact) mass is 1830 g/mol. The molecule has 0 fully saturated rings. The van der Waals surface area contributed by atoms with Crippen LogP contribution >= 0.6 is 0 Å². The van der Waals surface area contributed by atoms with Gasteiger partial charge in [0.05, 0.1) is 67.3 Å². The van der Waals surface area contributed by atoms with Crippen LogP contribution in [0.1, 0.15) is 0 Å². The van der Waals surface area contributed by atoms with E-state index < -0.39 is 0 Å². The minimum Gasteiger partial charge on any atom is -0.247 e. The van der Waals surface area contributed by atoms with E-state index in [1.807, 2.05) is 48.5 Å². The molecule has 6 aromatic heterocycles. The van der Waals surface area contributed by atoms with Gasteiger partial charge in [-0.3, -0.25) is 0 Å². The first-order chi connectivity index (χ1) is 71.4. The molecule has 0 unspecified atom stereocenters. The third kappa shape index (κ3) is 14.8. The maximum atomic E-state index is 5.40. The van der Waals surface area contributed by atoms with Gasteiger partial charge in [-0.25, -0.2) is 44.9 Å². The third-order valence-electron chi connectivity index (χ3n) is 28.3. The summed E-state index contributed by atoms with van der Waals surface area (Å²) >= 11 is 0. The van der Waals surface area contributed by atoms with Crippen molar-refractivity contribution in [1.82, 2.24) is 44.9 Å². The number of hydrogen-bond acceptors (Lipinski definition) is 9. The number of para-hydroxylation sites is 6. The summed E-state index contributed by atoms with van der Waals surface area (Å²) < 4.78 is 0. The van der Waals surface area contributed by atoms with Gasteiger partial charge in [-0.15, -0.1) is 0 Å². The molecule has 0 saturated carbocycles. The summed E-state index contributed by atoms with van der Waals surface area (Å²) in [7, 11) is 0. The van der Waals surface area contributed by atoms with E-state index in [0.717, 1.165) is 156 Å². The first-order valence-electron chi connectivity index (χ1n) is 48.8. The Balaban J connectivity index is 0.000000108. The summed E-state index contributed by atoms with van der Waals surface area (Å²) in [5, 5.41) is 28.6. The molecule has 23 aromatic carbocycles. The van der Waals surface area contributed by atoms with E-state index >= 15 is 0 Å². The van der Waals surface area contributed by atoms with Crippen LogP contribution in [0, 0.1) is 0 Å². The third-order valence-corrected chi connectivity index (χ3v) is 28.3. The molecule has 668 valence electrons. The fourth-order valence-electron chi connectivity index (χ4n) is 21.7. The molecule has 29 aromatic rings. The molecule has 6 heterocycles. The summed E-state index contributed by atoms with van der Waals surface area (Å²) in [4.78, 5) is 46.9. The van der Waals surface area contributed by atoms with Crippen molar-refractivity contribution in [1.29, 1.82) is 0 Å². The van der Waals surface area contributed by atoms with Crippen LogP contribution in [-0.2, 0) is 0 Å². The molecule has 0 aliphatic rings. The lowest BCUT2D eigenvalue weighted by molar-refractivity contribution is 1.23. The Labute approximate surface area is 828 Å². The zero-order chi connectivity index (χ0) is 95.1. The Morgan fingerprint density at radius 3 is 0.576 bits per heavy atom.